The molecule has 1 heterocycles. The van der Waals surface area contributed by atoms with Gasteiger partial charge >= 0.3 is 0 Å². The molecule has 0 spiro atoms. The van der Waals surface area contributed by atoms with Crippen molar-refractivity contribution in [1.29, 1.82) is 0 Å². The van der Waals surface area contributed by atoms with Gasteiger partial charge in [0, 0.05) is 0 Å². The largest absolute Gasteiger partial charge is 0.497 e. The summed E-state index contributed by atoms with van der Waals surface area (Å²) < 4.78 is 5.07. The summed E-state index contributed by atoms with van der Waals surface area (Å²) >= 11 is 0. The van der Waals surface area contributed by atoms with Gasteiger partial charge in [0.2, 0.25) is 0 Å². The molecular formula is C11H18O. The quantitative estimate of drug-likeness (QED) is 0.568. The van der Waals surface area contributed by atoms with Crippen molar-refractivity contribution in [2.45, 2.75) is 39.0 Å². The van der Waals surface area contributed by atoms with Crippen molar-refractivity contribution in [3.8, 4) is 0 Å². The Hall–Kier alpha value is -0.720. The Labute approximate surface area is 75.1 Å². The van der Waals surface area contributed by atoms with Crippen LogP contribution in [0.4, 0.5) is 0 Å². The third-order valence-corrected chi connectivity index (χ3v) is 2.14. The highest BCUT2D eigenvalue weighted by atomic mass is 16.5. The first-order valence-electron chi connectivity index (χ1n) is 4.90. The van der Waals surface area contributed by atoms with E-state index in [4.69, 9.17) is 4.74 Å². The summed E-state index contributed by atoms with van der Waals surface area (Å²) in [4.78, 5) is 0. The summed E-state index contributed by atoms with van der Waals surface area (Å²) in [5, 5.41) is 0. The Morgan fingerprint density at radius 3 is 2.92 bits per heavy atom. The van der Waals surface area contributed by atoms with Gasteiger partial charge in [-0.25, -0.2) is 0 Å². The number of allylic oxidation sites excluding steroid dienone is 2. The third-order valence-electron chi connectivity index (χ3n) is 2.14. The van der Waals surface area contributed by atoms with Crippen molar-refractivity contribution in [2.75, 3.05) is 6.61 Å². The van der Waals surface area contributed by atoms with Gasteiger partial charge in [0.15, 0.2) is 0 Å². The second-order valence-electron chi connectivity index (χ2n) is 3.23. The van der Waals surface area contributed by atoms with E-state index in [1.807, 2.05) is 0 Å². The maximum Gasteiger partial charge on any atom is 0.106 e. The van der Waals surface area contributed by atoms with E-state index in [0.29, 0.717) is 0 Å². The molecule has 68 valence electrons. The molecule has 1 rings (SSSR count). The second-order valence-corrected chi connectivity index (χ2v) is 3.23. The molecule has 1 nitrogen and oxygen atoms in total. The molecule has 12 heavy (non-hydrogen) atoms. The molecule has 0 unspecified atom stereocenters. The summed E-state index contributed by atoms with van der Waals surface area (Å²) in [6, 6.07) is 0. The molecule has 0 atom stereocenters. The van der Waals surface area contributed by atoms with E-state index < -0.39 is 0 Å². The first kappa shape index (κ1) is 9.37. The van der Waals surface area contributed by atoms with Crippen LogP contribution < -0.4 is 0 Å². The van der Waals surface area contributed by atoms with Crippen LogP contribution in [0.1, 0.15) is 39.0 Å². The SMILES string of the molecule is CCCCCCC1=CCOC=C1. The zero-order chi connectivity index (χ0) is 8.65. The molecule has 0 aliphatic carbocycles. The van der Waals surface area contributed by atoms with Gasteiger partial charge in [0.25, 0.3) is 0 Å². The topological polar surface area (TPSA) is 9.23 Å². The summed E-state index contributed by atoms with van der Waals surface area (Å²) in [6.45, 7) is 3.01. The van der Waals surface area contributed by atoms with Gasteiger partial charge in [-0.15, -0.1) is 0 Å². The third kappa shape index (κ3) is 3.61. The molecule has 0 aromatic carbocycles. The van der Waals surface area contributed by atoms with Crippen molar-refractivity contribution in [2.24, 2.45) is 0 Å². The lowest BCUT2D eigenvalue weighted by molar-refractivity contribution is 0.283. The van der Waals surface area contributed by atoms with Crippen LogP contribution in [0.15, 0.2) is 24.0 Å². The van der Waals surface area contributed by atoms with Crippen LogP contribution in [0.2, 0.25) is 0 Å². The molecule has 0 N–H and O–H groups in total. The maximum atomic E-state index is 5.07. The Morgan fingerprint density at radius 2 is 2.25 bits per heavy atom. The zero-order valence-electron chi connectivity index (χ0n) is 7.88. The Kier molecular flexibility index (Phi) is 4.58. The average molecular weight is 166 g/mol. The minimum absolute atomic E-state index is 0.764. The van der Waals surface area contributed by atoms with Crippen LogP contribution in [0, 0.1) is 0 Å². The van der Waals surface area contributed by atoms with Crippen LogP contribution in [-0.4, -0.2) is 6.61 Å². The second kappa shape index (κ2) is 5.87. The standard InChI is InChI=1S/C11H18O/c1-2-3-4-5-6-11-7-9-12-10-8-11/h7-9H,2-6,10H2,1H3. The molecule has 0 radical (unpaired) electrons. The first-order valence-corrected chi connectivity index (χ1v) is 4.90. The van der Waals surface area contributed by atoms with Crippen molar-refractivity contribution in [3.63, 3.8) is 0 Å². The Morgan fingerprint density at radius 1 is 1.33 bits per heavy atom. The number of unbranched alkanes of at least 4 members (excludes halogenated alkanes) is 3. The smallest absolute Gasteiger partial charge is 0.106 e. The predicted molar refractivity (Wildman–Crippen MR) is 51.9 cm³/mol. The zero-order valence-corrected chi connectivity index (χ0v) is 7.88. The van der Waals surface area contributed by atoms with Gasteiger partial charge in [-0.3, -0.25) is 0 Å². The molecule has 0 aromatic rings. The van der Waals surface area contributed by atoms with Gasteiger partial charge in [0.1, 0.15) is 6.61 Å². The normalized spacial score (nSPS) is 15.6. The molecule has 0 bridgehead atoms. The lowest BCUT2D eigenvalue weighted by Gasteiger charge is -2.07. The molecule has 0 aromatic heterocycles. The van der Waals surface area contributed by atoms with E-state index in [0.717, 1.165) is 6.61 Å². The molecule has 0 saturated carbocycles. The Bertz CT molecular complexity index is 168. The number of rotatable bonds is 5. The van der Waals surface area contributed by atoms with Crippen LogP contribution in [0.3, 0.4) is 0 Å². The number of ether oxygens (including phenoxy) is 1. The molecule has 1 aliphatic rings. The first-order chi connectivity index (χ1) is 5.93. The summed E-state index contributed by atoms with van der Waals surface area (Å²) in [6.07, 6.45) is 12.6. The van der Waals surface area contributed by atoms with Crippen LogP contribution in [-0.2, 0) is 4.74 Å². The summed E-state index contributed by atoms with van der Waals surface area (Å²) in [5.41, 5.74) is 1.44. The lowest BCUT2D eigenvalue weighted by Crippen LogP contribution is -1.92. The highest BCUT2D eigenvalue weighted by Gasteiger charge is 1.96. The van der Waals surface area contributed by atoms with Crippen LogP contribution in [0.25, 0.3) is 0 Å². The minimum Gasteiger partial charge on any atom is -0.497 e. The number of hydrogen-bond donors (Lipinski definition) is 0. The fourth-order valence-electron chi connectivity index (χ4n) is 1.36. The van der Waals surface area contributed by atoms with Gasteiger partial charge in [0.05, 0.1) is 6.26 Å². The van der Waals surface area contributed by atoms with Gasteiger partial charge < -0.3 is 4.74 Å². The summed E-state index contributed by atoms with van der Waals surface area (Å²) in [5.74, 6) is 0. The predicted octanol–water partition coefficient (Wildman–Crippen LogP) is 3.43. The molecular weight excluding hydrogens is 148 g/mol. The fourth-order valence-corrected chi connectivity index (χ4v) is 1.36. The molecule has 0 fully saturated rings. The molecule has 0 saturated heterocycles. The highest BCUT2D eigenvalue weighted by Crippen LogP contribution is 2.13. The average Bonchev–Trinajstić information content (AvgIpc) is 2.14. The van der Waals surface area contributed by atoms with E-state index >= 15 is 0 Å². The molecule has 1 aliphatic heterocycles. The van der Waals surface area contributed by atoms with Gasteiger partial charge in [-0.2, -0.15) is 0 Å². The highest BCUT2D eigenvalue weighted by molar-refractivity contribution is 5.19. The van der Waals surface area contributed by atoms with Crippen LogP contribution >= 0.6 is 0 Å². The van der Waals surface area contributed by atoms with Crippen molar-refractivity contribution >= 4 is 0 Å². The number of hydrogen-bond acceptors (Lipinski definition) is 1. The van der Waals surface area contributed by atoms with Crippen molar-refractivity contribution in [3.05, 3.63) is 24.0 Å². The van der Waals surface area contributed by atoms with Gasteiger partial charge in [-0.1, -0.05) is 26.2 Å². The van der Waals surface area contributed by atoms with Crippen LogP contribution in [0.5, 0.6) is 0 Å². The lowest BCUT2D eigenvalue weighted by atomic mass is 10.1. The van der Waals surface area contributed by atoms with E-state index in [1.165, 1.54) is 37.7 Å². The van der Waals surface area contributed by atoms with Crippen molar-refractivity contribution in [1.82, 2.24) is 0 Å². The van der Waals surface area contributed by atoms with Crippen molar-refractivity contribution < 1.29 is 4.74 Å². The van der Waals surface area contributed by atoms with Gasteiger partial charge in [-0.05, 0) is 30.6 Å². The molecule has 0 amide bonds. The Balaban J connectivity index is 2.06. The maximum absolute atomic E-state index is 5.07. The fraction of sp³-hybridized carbons (Fsp3) is 0.636. The van der Waals surface area contributed by atoms with E-state index in [1.54, 1.807) is 6.26 Å². The minimum atomic E-state index is 0.764. The van der Waals surface area contributed by atoms with E-state index in [-0.39, 0.29) is 0 Å². The van der Waals surface area contributed by atoms with E-state index in [9.17, 15) is 0 Å². The van der Waals surface area contributed by atoms with E-state index in [2.05, 4.69) is 19.1 Å². The summed E-state index contributed by atoms with van der Waals surface area (Å²) in [7, 11) is 0. The molecule has 1 heteroatoms. The monoisotopic (exact) mass is 166 g/mol.